The first-order valence-electron chi connectivity index (χ1n) is 5.58. The van der Waals surface area contributed by atoms with Gasteiger partial charge in [0.05, 0.1) is 0 Å². The lowest BCUT2D eigenvalue weighted by Gasteiger charge is -2.28. The first-order valence-corrected chi connectivity index (χ1v) is 5.58. The van der Waals surface area contributed by atoms with E-state index in [1.165, 1.54) is 25.7 Å². The van der Waals surface area contributed by atoms with Crippen LogP contribution < -0.4 is 0 Å². The van der Waals surface area contributed by atoms with Gasteiger partial charge in [0.1, 0.15) is 0 Å². The van der Waals surface area contributed by atoms with E-state index < -0.39 is 0 Å². The highest BCUT2D eigenvalue weighted by Crippen LogP contribution is 2.32. The fourth-order valence-electron chi connectivity index (χ4n) is 3.13. The lowest BCUT2D eigenvalue weighted by Crippen LogP contribution is -2.16. The Labute approximate surface area is 77.7 Å². The van der Waals surface area contributed by atoms with Crippen molar-refractivity contribution in [2.24, 2.45) is 23.7 Å². The van der Waals surface area contributed by atoms with Crippen molar-refractivity contribution >= 4 is 0 Å². The summed E-state index contributed by atoms with van der Waals surface area (Å²) >= 11 is 0. The maximum atomic E-state index is 2.42. The van der Waals surface area contributed by atoms with Gasteiger partial charge in [0, 0.05) is 0 Å². The summed E-state index contributed by atoms with van der Waals surface area (Å²) in [6, 6.07) is 0. The predicted molar refractivity (Wildman–Crippen MR) is 55.1 cm³/mol. The summed E-state index contributed by atoms with van der Waals surface area (Å²) in [5.74, 6) is 3.84. The van der Waals surface area contributed by atoms with Crippen LogP contribution >= 0.6 is 0 Å². The highest BCUT2D eigenvalue weighted by atomic mass is 14.3. The van der Waals surface area contributed by atoms with Crippen molar-refractivity contribution in [1.29, 1.82) is 0 Å². The van der Waals surface area contributed by atoms with Crippen LogP contribution in [-0.2, 0) is 0 Å². The van der Waals surface area contributed by atoms with Gasteiger partial charge in [0.15, 0.2) is 0 Å². The molecule has 0 nitrogen and oxygen atoms in total. The predicted octanol–water partition coefficient (Wildman–Crippen LogP) is 4.10. The second-order valence-corrected chi connectivity index (χ2v) is 5.36. The van der Waals surface area contributed by atoms with E-state index in [9.17, 15) is 0 Å². The molecule has 12 heavy (non-hydrogen) atoms. The van der Waals surface area contributed by atoms with E-state index in [1.54, 1.807) is 0 Å². The van der Waals surface area contributed by atoms with Crippen LogP contribution in [0.25, 0.3) is 0 Å². The molecule has 0 spiro atoms. The summed E-state index contributed by atoms with van der Waals surface area (Å²) in [5, 5.41) is 0. The standard InChI is InChI=1S/C12H24/c1-9-5-10(2)7-12(4)8-11(3)6-9/h9-12H,5-8H2,1-4H3. The van der Waals surface area contributed by atoms with Gasteiger partial charge in [0.2, 0.25) is 0 Å². The van der Waals surface area contributed by atoms with Crippen molar-refractivity contribution in [2.75, 3.05) is 0 Å². The first-order chi connectivity index (χ1) is 5.58. The molecule has 0 atom stereocenters. The van der Waals surface area contributed by atoms with Crippen molar-refractivity contribution in [3.05, 3.63) is 0 Å². The molecule has 0 saturated heterocycles. The van der Waals surface area contributed by atoms with Crippen LogP contribution in [0, 0.1) is 23.7 Å². The molecule has 0 radical (unpaired) electrons. The fourth-order valence-corrected chi connectivity index (χ4v) is 3.13. The SMILES string of the molecule is CC1CC(C)CC(C)CC(C)C1. The van der Waals surface area contributed by atoms with E-state index in [0.29, 0.717) is 0 Å². The highest BCUT2D eigenvalue weighted by molar-refractivity contribution is 4.71. The molecule has 1 saturated carbocycles. The number of hydrogen-bond donors (Lipinski definition) is 0. The minimum absolute atomic E-state index is 0.961. The van der Waals surface area contributed by atoms with E-state index >= 15 is 0 Å². The summed E-state index contributed by atoms with van der Waals surface area (Å²) in [4.78, 5) is 0. The van der Waals surface area contributed by atoms with E-state index in [2.05, 4.69) is 27.7 Å². The zero-order valence-electron chi connectivity index (χ0n) is 9.14. The van der Waals surface area contributed by atoms with Crippen LogP contribution in [0.4, 0.5) is 0 Å². The molecule has 0 aromatic rings. The van der Waals surface area contributed by atoms with Gasteiger partial charge in [-0.25, -0.2) is 0 Å². The van der Waals surface area contributed by atoms with Crippen LogP contribution in [0.2, 0.25) is 0 Å². The van der Waals surface area contributed by atoms with Crippen molar-refractivity contribution in [3.8, 4) is 0 Å². The molecule has 72 valence electrons. The van der Waals surface area contributed by atoms with E-state index in [1.807, 2.05) is 0 Å². The van der Waals surface area contributed by atoms with Gasteiger partial charge in [-0.15, -0.1) is 0 Å². The minimum Gasteiger partial charge on any atom is -0.0625 e. The number of rotatable bonds is 0. The lowest BCUT2D eigenvalue weighted by molar-refractivity contribution is 0.233. The van der Waals surface area contributed by atoms with Crippen molar-refractivity contribution in [2.45, 2.75) is 53.4 Å². The largest absolute Gasteiger partial charge is 0.0625 e. The zero-order chi connectivity index (χ0) is 9.14. The normalized spacial score (nSPS) is 45.0. The maximum Gasteiger partial charge on any atom is -0.0438 e. The average molecular weight is 168 g/mol. The van der Waals surface area contributed by atoms with Gasteiger partial charge in [-0.3, -0.25) is 0 Å². The third-order valence-electron chi connectivity index (χ3n) is 3.22. The van der Waals surface area contributed by atoms with E-state index in [-0.39, 0.29) is 0 Å². The Morgan fingerprint density at radius 3 is 0.833 bits per heavy atom. The second kappa shape index (κ2) is 4.30. The first kappa shape index (κ1) is 10.1. The summed E-state index contributed by atoms with van der Waals surface area (Å²) in [5.41, 5.74) is 0. The van der Waals surface area contributed by atoms with E-state index in [0.717, 1.165) is 23.7 Å². The molecule has 0 aromatic carbocycles. The molecule has 0 N–H and O–H groups in total. The summed E-state index contributed by atoms with van der Waals surface area (Å²) in [6.45, 7) is 9.68. The van der Waals surface area contributed by atoms with Crippen molar-refractivity contribution in [1.82, 2.24) is 0 Å². The van der Waals surface area contributed by atoms with Crippen molar-refractivity contribution < 1.29 is 0 Å². The Morgan fingerprint density at radius 2 is 0.667 bits per heavy atom. The Hall–Kier alpha value is 0. The summed E-state index contributed by atoms with van der Waals surface area (Å²) < 4.78 is 0. The van der Waals surface area contributed by atoms with Crippen LogP contribution in [0.15, 0.2) is 0 Å². The summed E-state index contributed by atoms with van der Waals surface area (Å²) in [7, 11) is 0. The van der Waals surface area contributed by atoms with Gasteiger partial charge in [-0.1, -0.05) is 27.7 Å². The van der Waals surface area contributed by atoms with Crippen molar-refractivity contribution in [3.63, 3.8) is 0 Å². The molecular weight excluding hydrogens is 144 g/mol. The molecule has 0 aliphatic heterocycles. The van der Waals surface area contributed by atoms with Crippen LogP contribution in [0.5, 0.6) is 0 Å². The van der Waals surface area contributed by atoms with Gasteiger partial charge in [-0.2, -0.15) is 0 Å². The smallest absolute Gasteiger partial charge is 0.0438 e. The molecule has 1 aliphatic carbocycles. The van der Waals surface area contributed by atoms with Gasteiger partial charge >= 0.3 is 0 Å². The quantitative estimate of drug-likeness (QED) is 0.511. The molecule has 0 bridgehead atoms. The molecule has 0 heteroatoms. The van der Waals surface area contributed by atoms with Crippen LogP contribution in [0.3, 0.4) is 0 Å². The molecule has 1 aliphatic rings. The lowest BCUT2D eigenvalue weighted by atomic mass is 9.78. The fraction of sp³-hybridized carbons (Fsp3) is 1.00. The van der Waals surface area contributed by atoms with Gasteiger partial charge in [-0.05, 0) is 49.4 Å². The third kappa shape index (κ3) is 3.16. The third-order valence-corrected chi connectivity index (χ3v) is 3.22. The van der Waals surface area contributed by atoms with E-state index in [4.69, 9.17) is 0 Å². The number of hydrogen-bond acceptors (Lipinski definition) is 0. The molecule has 0 amide bonds. The second-order valence-electron chi connectivity index (χ2n) is 5.36. The molecule has 0 unspecified atom stereocenters. The Bertz CT molecular complexity index is 88.0. The Morgan fingerprint density at radius 1 is 0.500 bits per heavy atom. The van der Waals surface area contributed by atoms with Crippen LogP contribution in [0.1, 0.15) is 53.4 Å². The molecule has 1 fully saturated rings. The minimum atomic E-state index is 0.961. The Balaban J connectivity index is 2.45. The Kier molecular flexibility index (Phi) is 3.61. The average Bonchev–Trinajstić information content (AvgIpc) is 1.81. The molecule has 0 heterocycles. The topological polar surface area (TPSA) is 0 Å². The molecular formula is C12H24. The highest BCUT2D eigenvalue weighted by Gasteiger charge is 2.20. The molecule has 1 rings (SSSR count). The molecule has 0 aromatic heterocycles. The maximum absolute atomic E-state index is 2.42. The van der Waals surface area contributed by atoms with Gasteiger partial charge in [0.25, 0.3) is 0 Å². The van der Waals surface area contributed by atoms with Crippen LogP contribution in [-0.4, -0.2) is 0 Å². The zero-order valence-corrected chi connectivity index (χ0v) is 9.14. The summed E-state index contributed by atoms with van der Waals surface area (Å²) in [6.07, 6.45) is 5.81. The van der Waals surface area contributed by atoms with Gasteiger partial charge < -0.3 is 0 Å². The monoisotopic (exact) mass is 168 g/mol.